The molecule has 2 aromatic heterocycles. The predicted octanol–water partition coefficient (Wildman–Crippen LogP) is 7.34. The number of benzene rings is 2. The summed E-state index contributed by atoms with van der Waals surface area (Å²) in [5.74, 6) is -1.82. The van der Waals surface area contributed by atoms with Gasteiger partial charge in [0.25, 0.3) is 0 Å². The van der Waals surface area contributed by atoms with Gasteiger partial charge in [-0.2, -0.15) is 0 Å². The van der Waals surface area contributed by atoms with Gasteiger partial charge in [0.1, 0.15) is 11.6 Å². The van der Waals surface area contributed by atoms with Crippen LogP contribution in [-0.4, -0.2) is 15.0 Å². The maximum atomic E-state index is 15.7. The van der Waals surface area contributed by atoms with Crippen molar-refractivity contribution in [1.82, 2.24) is 15.0 Å². The number of nitrogens with one attached hydrogen (secondary N) is 1. The van der Waals surface area contributed by atoms with Crippen LogP contribution in [0.25, 0.3) is 21.8 Å². The van der Waals surface area contributed by atoms with Gasteiger partial charge in [-0.3, -0.25) is 0 Å². The van der Waals surface area contributed by atoms with Crippen LogP contribution < -0.4 is 10.5 Å². The molecule has 0 bridgehead atoms. The quantitative estimate of drug-likeness (QED) is 0.268. The van der Waals surface area contributed by atoms with Crippen LogP contribution in [0.3, 0.4) is 0 Å². The molecule has 4 rings (SSSR count). The van der Waals surface area contributed by atoms with E-state index in [2.05, 4.69) is 14.7 Å². The van der Waals surface area contributed by atoms with Crippen molar-refractivity contribution in [1.29, 1.82) is 0 Å². The Morgan fingerprint density at radius 1 is 1.06 bits per heavy atom. The van der Waals surface area contributed by atoms with E-state index in [1.807, 2.05) is 20.8 Å². The highest BCUT2D eigenvalue weighted by Crippen LogP contribution is 2.43. The molecular formula is C23H19ClF3N5S2. The van der Waals surface area contributed by atoms with E-state index in [4.69, 9.17) is 22.3 Å². The Balaban J connectivity index is 1.81. The number of aromatic nitrogens is 3. The van der Waals surface area contributed by atoms with Crippen molar-refractivity contribution >= 4 is 46.5 Å². The minimum atomic E-state index is -0.650. The first-order valence-corrected chi connectivity index (χ1v) is 12.0. The maximum Gasteiger partial charge on any atom is 0.220 e. The minimum Gasteiger partial charge on any atom is -0.368 e. The molecule has 0 atom stereocenters. The zero-order valence-electron chi connectivity index (χ0n) is 18.3. The third kappa shape index (κ3) is 5.13. The molecule has 0 fully saturated rings. The van der Waals surface area contributed by atoms with E-state index >= 15 is 4.39 Å². The number of hydrogen-bond acceptors (Lipinski definition) is 7. The number of anilines is 2. The van der Waals surface area contributed by atoms with Crippen LogP contribution in [0.2, 0.25) is 5.02 Å². The third-order valence-corrected chi connectivity index (χ3v) is 7.21. The van der Waals surface area contributed by atoms with Crippen LogP contribution in [0.5, 0.6) is 0 Å². The molecule has 2 aromatic carbocycles. The van der Waals surface area contributed by atoms with Crippen molar-refractivity contribution in [3.8, 4) is 21.8 Å². The smallest absolute Gasteiger partial charge is 0.220 e. The van der Waals surface area contributed by atoms with Crippen LogP contribution >= 0.6 is 34.9 Å². The second kappa shape index (κ2) is 9.44. The molecule has 5 nitrogen and oxygen atoms in total. The highest BCUT2D eigenvalue weighted by atomic mass is 35.5. The molecule has 4 aromatic rings. The molecule has 0 amide bonds. The lowest BCUT2D eigenvalue weighted by atomic mass is 9.98. The van der Waals surface area contributed by atoms with Gasteiger partial charge in [-0.15, -0.1) is 11.3 Å². The number of halogens is 4. The van der Waals surface area contributed by atoms with E-state index in [1.54, 1.807) is 6.07 Å². The van der Waals surface area contributed by atoms with Crippen LogP contribution in [-0.2, 0) is 5.41 Å². The molecule has 0 aliphatic rings. The molecule has 11 heteroatoms. The molecule has 0 saturated carbocycles. The first kappa shape index (κ1) is 24.3. The molecule has 3 N–H and O–H groups in total. The summed E-state index contributed by atoms with van der Waals surface area (Å²) < 4.78 is 46.0. The molecule has 0 aliphatic carbocycles. The van der Waals surface area contributed by atoms with Crippen molar-refractivity contribution in [3.63, 3.8) is 0 Å². The molecule has 176 valence electrons. The van der Waals surface area contributed by atoms with E-state index in [0.29, 0.717) is 16.3 Å². The topological polar surface area (TPSA) is 76.7 Å². The van der Waals surface area contributed by atoms with Crippen LogP contribution in [0, 0.1) is 17.5 Å². The van der Waals surface area contributed by atoms with Gasteiger partial charge in [-0.05, 0) is 48.3 Å². The molecule has 0 saturated heterocycles. The normalized spacial score (nSPS) is 11.6. The number of thiazole rings is 1. The van der Waals surface area contributed by atoms with Crippen molar-refractivity contribution in [2.45, 2.75) is 31.1 Å². The highest BCUT2D eigenvalue weighted by Gasteiger charge is 2.26. The molecule has 2 heterocycles. The predicted molar refractivity (Wildman–Crippen MR) is 132 cm³/mol. The standard InChI is InChI=1S/C23H19ClF3N5S2/c1-23(2,3)21-31-19(20(33-21)15-6-7-29-22(28)30-15)13-8-11(24)9-16(18(13)27)32-34-17-10-12(25)4-5-14(17)26/h4-10,32H,1-3H3,(H2,28,29,30). The summed E-state index contributed by atoms with van der Waals surface area (Å²) in [6, 6.07) is 7.53. The first-order chi connectivity index (χ1) is 16.0. The number of nitrogen functional groups attached to an aromatic ring is 1. The van der Waals surface area contributed by atoms with Gasteiger partial charge < -0.3 is 10.5 Å². The highest BCUT2D eigenvalue weighted by molar-refractivity contribution is 8.00. The monoisotopic (exact) mass is 521 g/mol. The molecule has 0 radical (unpaired) electrons. The fourth-order valence-corrected chi connectivity index (χ4v) is 5.03. The van der Waals surface area contributed by atoms with Crippen molar-refractivity contribution in [2.75, 3.05) is 10.5 Å². The fraction of sp³-hybridized carbons (Fsp3) is 0.174. The lowest BCUT2D eigenvalue weighted by molar-refractivity contribution is 0.577. The van der Waals surface area contributed by atoms with Crippen molar-refractivity contribution in [2.24, 2.45) is 0 Å². The Kier molecular flexibility index (Phi) is 6.75. The minimum absolute atomic E-state index is 0.00498. The number of hydrogen-bond donors (Lipinski definition) is 2. The zero-order valence-corrected chi connectivity index (χ0v) is 20.7. The Morgan fingerprint density at radius 2 is 1.82 bits per heavy atom. The van der Waals surface area contributed by atoms with Gasteiger partial charge >= 0.3 is 0 Å². The van der Waals surface area contributed by atoms with Gasteiger partial charge in [0, 0.05) is 22.2 Å². The van der Waals surface area contributed by atoms with Crippen LogP contribution in [0.15, 0.2) is 47.5 Å². The Hall–Kier alpha value is -2.82. The summed E-state index contributed by atoms with van der Waals surface area (Å²) in [6.45, 7) is 6.00. The SMILES string of the molecule is CC(C)(C)c1nc(-c2cc(Cl)cc(NSc3cc(F)ccc3F)c2F)c(-c2ccnc(N)n2)s1. The third-order valence-electron chi connectivity index (χ3n) is 4.63. The van der Waals surface area contributed by atoms with Crippen molar-refractivity contribution in [3.05, 3.63) is 70.1 Å². The second-order valence-corrected chi connectivity index (χ2v) is 10.6. The Labute approximate surface area is 207 Å². The number of rotatable bonds is 5. The van der Waals surface area contributed by atoms with E-state index in [0.717, 1.165) is 35.2 Å². The van der Waals surface area contributed by atoms with Gasteiger partial charge in [0.2, 0.25) is 5.95 Å². The molecule has 0 spiro atoms. The van der Waals surface area contributed by atoms with Crippen LogP contribution in [0.1, 0.15) is 25.8 Å². The summed E-state index contributed by atoms with van der Waals surface area (Å²) in [5.41, 5.74) is 6.44. The van der Waals surface area contributed by atoms with Gasteiger partial charge in [0.15, 0.2) is 5.82 Å². The summed E-state index contributed by atoms with van der Waals surface area (Å²) in [7, 11) is 0. The van der Waals surface area contributed by atoms with Gasteiger partial charge in [-0.1, -0.05) is 32.4 Å². The molecule has 0 unspecified atom stereocenters. The van der Waals surface area contributed by atoms with E-state index in [-0.39, 0.29) is 32.5 Å². The lowest BCUT2D eigenvalue weighted by Gasteiger charge is -2.14. The summed E-state index contributed by atoms with van der Waals surface area (Å²) >= 11 is 8.42. The zero-order chi connectivity index (χ0) is 24.6. The summed E-state index contributed by atoms with van der Waals surface area (Å²) in [5, 5.41) is 0.998. The van der Waals surface area contributed by atoms with E-state index in [1.165, 1.54) is 29.7 Å². The number of nitrogens with zero attached hydrogens (tertiary/aromatic N) is 3. The lowest BCUT2D eigenvalue weighted by Crippen LogP contribution is -2.10. The summed E-state index contributed by atoms with van der Waals surface area (Å²) in [4.78, 5) is 13.5. The first-order valence-electron chi connectivity index (χ1n) is 10.0. The van der Waals surface area contributed by atoms with Gasteiger partial charge in [-0.25, -0.2) is 28.1 Å². The summed E-state index contributed by atoms with van der Waals surface area (Å²) in [6.07, 6.45) is 1.52. The average Bonchev–Trinajstić information content (AvgIpc) is 3.22. The average molecular weight is 522 g/mol. The van der Waals surface area contributed by atoms with Crippen LogP contribution in [0.4, 0.5) is 24.8 Å². The Bertz CT molecular complexity index is 1370. The maximum absolute atomic E-state index is 15.7. The van der Waals surface area contributed by atoms with Gasteiger partial charge in [0.05, 0.1) is 31.9 Å². The van der Waals surface area contributed by atoms with E-state index < -0.39 is 17.5 Å². The molecule has 34 heavy (non-hydrogen) atoms. The molecule has 0 aliphatic heterocycles. The number of nitrogens with two attached hydrogens (primary N) is 1. The Morgan fingerprint density at radius 3 is 2.53 bits per heavy atom. The molecular weight excluding hydrogens is 503 g/mol. The fourth-order valence-electron chi connectivity index (χ4n) is 3.00. The van der Waals surface area contributed by atoms with E-state index in [9.17, 15) is 8.78 Å². The largest absolute Gasteiger partial charge is 0.368 e. The second-order valence-electron chi connectivity index (χ2n) is 8.34. The van der Waals surface area contributed by atoms with Crippen molar-refractivity contribution < 1.29 is 13.2 Å².